The van der Waals surface area contributed by atoms with Gasteiger partial charge in [0.15, 0.2) is 5.60 Å². The standard InChI is InChI=1S/C21H29NO6/c1-8-20(4)12-13(2)11-14(3)21(20,28-19(24)18(23)27-7)16-15(25-5)9-10-22-17(16)26-6/h8-10,13-14H,1,11-12H2,2-7H3/t13-,14+,20-,21?/m0/s1. The Labute approximate surface area is 166 Å². The molecule has 2 rings (SSSR count). The van der Waals surface area contributed by atoms with E-state index in [1.165, 1.54) is 14.2 Å². The normalized spacial score (nSPS) is 29.5. The van der Waals surface area contributed by atoms with E-state index < -0.39 is 23.0 Å². The van der Waals surface area contributed by atoms with Crippen molar-refractivity contribution in [3.63, 3.8) is 0 Å². The highest BCUT2D eigenvalue weighted by Crippen LogP contribution is 2.61. The first-order chi connectivity index (χ1) is 13.2. The van der Waals surface area contributed by atoms with Gasteiger partial charge in [0, 0.05) is 17.5 Å². The number of nitrogens with zero attached hydrogens (tertiary/aromatic N) is 1. The van der Waals surface area contributed by atoms with Gasteiger partial charge in [0.25, 0.3) is 0 Å². The minimum Gasteiger partial charge on any atom is -0.496 e. The minimum atomic E-state index is -1.28. The fourth-order valence-electron chi connectivity index (χ4n) is 4.69. The second-order valence-electron chi connectivity index (χ2n) is 7.58. The summed E-state index contributed by atoms with van der Waals surface area (Å²) in [6.07, 6.45) is 4.78. The van der Waals surface area contributed by atoms with E-state index in [4.69, 9.17) is 14.2 Å². The predicted molar refractivity (Wildman–Crippen MR) is 103 cm³/mol. The summed E-state index contributed by atoms with van der Waals surface area (Å²) in [5.41, 5.74) is -1.51. The summed E-state index contributed by atoms with van der Waals surface area (Å²) in [5.74, 6) is -1.25. The molecule has 154 valence electrons. The minimum absolute atomic E-state index is 0.181. The predicted octanol–water partition coefficient (Wildman–Crippen LogP) is 3.27. The molecule has 1 saturated carbocycles. The van der Waals surface area contributed by atoms with Crippen LogP contribution in [0, 0.1) is 17.3 Å². The molecule has 1 fully saturated rings. The van der Waals surface area contributed by atoms with Crippen LogP contribution in [0.3, 0.4) is 0 Å². The quantitative estimate of drug-likeness (QED) is 0.433. The number of esters is 2. The molecule has 1 aliphatic rings. The molecule has 0 amide bonds. The zero-order valence-corrected chi connectivity index (χ0v) is 17.4. The Morgan fingerprint density at radius 3 is 2.43 bits per heavy atom. The second-order valence-corrected chi connectivity index (χ2v) is 7.58. The zero-order valence-electron chi connectivity index (χ0n) is 17.4. The van der Waals surface area contributed by atoms with Crippen molar-refractivity contribution in [1.29, 1.82) is 0 Å². The number of methoxy groups -OCH3 is 3. The van der Waals surface area contributed by atoms with Crippen LogP contribution >= 0.6 is 0 Å². The molecule has 1 aliphatic carbocycles. The molecule has 4 atom stereocenters. The molecule has 0 spiro atoms. The van der Waals surface area contributed by atoms with Gasteiger partial charge in [-0.1, -0.05) is 26.8 Å². The van der Waals surface area contributed by atoms with E-state index in [9.17, 15) is 9.59 Å². The van der Waals surface area contributed by atoms with Gasteiger partial charge in [-0.25, -0.2) is 14.6 Å². The Kier molecular flexibility index (Phi) is 6.37. The molecule has 1 unspecified atom stereocenters. The summed E-state index contributed by atoms with van der Waals surface area (Å²) in [7, 11) is 4.15. The lowest BCUT2D eigenvalue weighted by Crippen LogP contribution is -2.56. The maximum absolute atomic E-state index is 12.6. The van der Waals surface area contributed by atoms with E-state index in [0.29, 0.717) is 23.7 Å². The van der Waals surface area contributed by atoms with Gasteiger partial charge in [0.1, 0.15) is 11.3 Å². The van der Waals surface area contributed by atoms with Crippen LogP contribution in [0.15, 0.2) is 24.9 Å². The van der Waals surface area contributed by atoms with Crippen LogP contribution in [-0.2, 0) is 24.7 Å². The second kappa shape index (κ2) is 8.20. The average Bonchev–Trinajstić information content (AvgIpc) is 2.69. The van der Waals surface area contributed by atoms with Crippen LogP contribution in [0.2, 0.25) is 0 Å². The van der Waals surface area contributed by atoms with Crippen molar-refractivity contribution in [3.05, 3.63) is 30.5 Å². The fraction of sp³-hybridized carbons (Fsp3) is 0.571. The van der Waals surface area contributed by atoms with Crippen LogP contribution < -0.4 is 9.47 Å². The van der Waals surface area contributed by atoms with E-state index in [-0.39, 0.29) is 11.8 Å². The summed E-state index contributed by atoms with van der Waals surface area (Å²) in [5, 5.41) is 0. The largest absolute Gasteiger partial charge is 0.496 e. The Morgan fingerprint density at radius 2 is 1.89 bits per heavy atom. The molecule has 1 aromatic rings. The number of hydrogen-bond donors (Lipinski definition) is 0. The van der Waals surface area contributed by atoms with Crippen LogP contribution in [0.1, 0.15) is 39.2 Å². The highest BCUT2D eigenvalue weighted by Gasteiger charge is 2.61. The van der Waals surface area contributed by atoms with Crippen molar-refractivity contribution in [1.82, 2.24) is 4.98 Å². The van der Waals surface area contributed by atoms with Gasteiger partial charge in [-0.15, -0.1) is 6.58 Å². The Morgan fingerprint density at radius 1 is 1.21 bits per heavy atom. The van der Waals surface area contributed by atoms with E-state index >= 15 is 0 Å². The number of aromatic nitrogens is 1. The number of rotatable bonds is 5. The summed E-state index contributed by atoms with van der Waals surface area (Å²) < 4.78 is 21.7. The van der Waals surface area contributed by atoms with Crippen molar-refractivity contribution < 1.29 is 28.5 Å². The van der Waals surface area contributed by atoms with Gasteiger partial charge in [-0.3, -0.25) is 0 Å². The summed E-state index contributed by atoms with van der Waals surface area (Å²) in [4.78, 5) is 28.9. The maximum Gasteiger partial charge on any atom is 0.418 e. The molecule has 0 aliphatic heterocycles. The lowest BCUT2D eigenvalue weighted by atomic mass is 9.54. The van der Waals surface area contributed by atoms with E-state index in [0.717, 1.165) is 13.5 Å². The molecule has 0 aromatic carbocycles. The molecular weight excluding hydrogens is 362 g/mol. The number of carbonyl (C=O) groups excluding carboxylic acids is 2. The summed E-state index contributed by atoms with van der Waals surface area (Å²) >= 11 is 0. The molecule has 0 N–H and O–H groups in total. The summed E-state index contributed by atoms with van der Waals surface area (Å²) in [6.45, 7) is 10.1. The first kappa shape index (κ1) is 21.7. The van der Waals surface area contributed by atoms with Crippen LogP contribution in [0.5, 0.6) is 11.6 Å². The lowest BCUT2D eigenvalue weighted by molar-refractivity contribution is -0.205. The zero-order chi connectivity index (χ0) is 21.1. The van der Waals surface area contributed by atoms with Crippen molar-refractivity contribution >= 4 is 11.9 Å². The average molecular weight is 391 g/mol. The first-order valence-electron chi connectivity index (χ1n) is 9.23. The van der Waals surface area contributed by atoms with Crippen molar-refractivity contribution in [2.75, 3.05) is 21.3 Å². The maximum atomic E-state index is 12.6. The van der Waals surface area contributed by atoms with Crippen molar-refractivity contribution in [3.8, 4) is 11.6 Å². The lowest BCUT2D eigenvalue weighted by Gasteiger charge is -2.54. The molecule has 0 bridgehead atoms. The third-order valence-corrected chi connectivity index (χ3v) is 5.79. The van der Waals surface area contributed by atoms with Gasteiger partial charge in [-0.2, -0.15) is 0 Å². The van der Waals surface area contributed by atoms with E-state index in [2.05, 4.69) is 23.2 Å². The van der Waals surface area contributed by atoms with Gasteiger partial charge in [0.05, 0.1) is 21.3 Å². The van der Waals surface area contributed by atoms with Crippen molar-refractivity contribution in [2.45, 2.75) is 39.2 Å². The molecule has 7 heteroatoms. The van der Waals surface area contributed by atoms with Crippen LogP contribution in [0.25, 0.3) is 0 Å². The monoisotopic (exact) mass is 391 g/mol. The highest BCUT2D eigenvalue weighted by molar-refractivity contribution is 6.29. The topological polar surface area (TPSA) is 84.0 Å². The van der Waals surface area contributed by atoms with Crippen LogP contribution in [-0.4, -0.2) is 38.3 Å². The highest BCUT2D eigenvalue weighted by atomic mass is 16.6. The van der Waals surface area contributed by atoms with Gasteiger partial charge >= 0.3 is 11.9 Å². The number of ether oxygens (including phenoxy) is 4. The van der Waals surface area contributed by atoms with Gasteiger partial charge in [-0.05, 0) is 24.8 Å². The Hall–Kier alpha value is -2.57. The fourth-order valence-corrected chi connectivity index (χ4v) is 4.69. The molecule has 1 heterocycles. The molecule has 0 radical (unpaired) electrons. The van der Waals surface area contributed by atoms with Crippen LogP contribution in [0.4, 0.5) is 0 Å². The Balaban J connectivity index is 2.86. The number of hydrogen-bond acceptors (Lipinski definition) is 7. The molecular formula is C21H29NO6. The number of carbonyl (C=O) groups is 2. The Bertz CT molecular complexity index is 741. The molecule has 0 saturated heterocycles. The van der Waals surface area contributed by atoms with E-state index in [1.54, 1.807) is 18.3 Å². The first-order valence-corrected chi connectivity index (χ1v) is 9.23. The number of pyridine rings is 1. The van der Waals surface area contributed by atoms with Crippen molar-refractivity contribution in [2.24, 2.45) is 17.3 Å². The SMILES string of the molecule is C=C[C@@]1(C)C[C@@H](C)C[C@@H](C)C1(OC(=O)C(=O)OC)c1c(OC)ccnc1OC. The van der Waals surface area contributed by atoms with Gasteiger partial charge < -0.3 is 18.9 Å². The molecule has 28 heavy (non-hydrogen) atoms. The smallest absolute Gasteiger partial charge is 0.418 e. The molecule has 7 nitrogen and oxygen atoms in total. The van der Waals surface area contributed by atoms with E-state index in [1.807, 2.05) is 13.8 Å². The van der Waals surface area contributed by atoms with Gasteiger partial charge in [0.2, 0.25) is 5.88 Å². The summed E-state index contributed by atoms with van der Waals surface area (Å²) in [6, 6.07) is 1.68. The third-order valence-electron chi connectivity index (χ3n) is 5.79. The molecule has 1 aromatic heterocycles. The third kappa shape index (κ3) is 3.34.